The second-order valence-electron chi connectivity index (χ2n) is 3.63. The maximum Gasteiger partial charge on any atom is 0.130 e. The molecule has 0 aromatic carbocycles. The Morgan fingerprint density at radius 2 is 2.00 bits per heavy atom. The van der Waals surface area contributed by atoms with Gasteiger partial charge in [0.05, 0.1) is 5.69 Å². The van der Waals surface area contributed by atoms with Gasteiger partial charge in [-0.05, 0) is 25.5 Å². The second kappa shape index (κ2) is 4.26. The standard InChI is InChI=1S/C12H14N4/c1-8-7-14-5-4-10(8)11-6-12(13-3)16-9(2)15-11/h4-7H,1-3H3,(H,13,15,16). The van der Waals surface area contributed by atoms with Crippen molar-refractivity contribution in [3.8, 4) is 11.3 Å². The Hall–Kier alpha value is -1.97. The van der Waals surface area contributed by atoms with Crippen LogP contribution in [0.15, 0.2) is 24.5 Å². The molecule has 2 aromatic heterocycles. The fraction of sp³-hybridized carbons (Fsp3) is 0.250. The highest BCUT2D eigenvalue weighted by molar-refractivity contribution is 5.65. The van der Waals surface area contributed by atoms with Crippen LogP contribution < -0.4 is 5.32 Å². The zero-order valence-electron chi connectivity index (χ0n) is 9.65. The number of hydrogen-bond acceptors (Lipinski definition) is 4. The SMILES string of the molecule is CNc1cc(-c2ccncc2C)nc(C)n1. The fourth-order valence-electron chi connectivity index (χ4n) is 1.59. The molecule has 0 aliphatic heterocycles. The van der Waals surface area contributed by atoms with Crippen LogP contribution in [-0.2, 0) is 0 Å². The summed E-state index contributed by atoms with van der Waals surface area (Å²) in [4.78, 5) is 12.8. The summed E-state index contributed by atoms with van der Waals surface area (Å²) in [6, 6.07) is 3.91. The molecule has 2 aromatic rings. The highest BCUT2D eigenvalue weighted by Crippen LogP contribution is 2.22. The average Bonchev–Trinajstić information content (AvgIpc) is 2.28. The van der Waals surface area contributed by atoms with Gasteiger partial charge in [0.2, 0.25) is 0 Å². The Morgan fingerprint density at radius 1 is 1.19 bits per heavy atom. The molecule has 82 valence electrons. The van der Waals surface area contributed by atoms with E-state index in [1.807, 2.05) is 39.2 Å². The molecule has 0 bridgehead atoms. The third kappa shape index (κ3) is 2.00. The van der Waals surface area contributed by atoms with E-state index < -0.39 is 0 Å². The van der Waals surface area contributed by atoms with Gasteiger partial charge in [0, 0.05) is 31.1 Å². The normalized spacial score (nSPS) is 10.2. The van der Waals surface area contributed by atoms with Gasteiger partial charge in [-0.2, -0.15) is 0 Å². The van der Waals surface area contributed by atoms with E-state index in [9.17, 15) is 0 Å². The lowest BCUT2D eigenvalue weighted by molar-refractivity contribution is 1.05. The topological polar surface area (TPSA) is 50.7 Å². The first-order valence-electron chi connectivity index (χ1n) is 5.15. The van der Waals surface area contributed by atoms with E-state index in [-0.39, 0.29) is 0 Å². The molecule has 0 amide bonds. The van der Waals surface area contributed by atoms with Gasteiger partial charge >= 0.3 is 0 Å². The van der Waals surface area contributed by atoms with Crippen molar-refractivity contribution in [2.24, 2.45) is 0 Å². The Kier molecular flexibility index (Phi) is 2.81. The van der Waals surface area contributed by atoms with Crippen LogP contribution in [0.3, 0.4) is 0 Å². The summed E-state index contributed by atoms with van der Waals surface area (Å²) in [6.45, 7) is 3.92. The maximum absolute atomic E-state index is 4.43. The van der Waals surface area contributed by atoms with Crippen LogP contribution in [0.2, 0.25) is 0 Å². The first-order chi connectivity index (χ1) is 7.70. The first-order valence-corrected chi connectivity index (χ1v) is 5.15. The van der Waals surface area contributed by atoms with E-state index in [1.54, 1.807) is 6.20 Å². The number of nitrogens with zero attached hydrogens (tertiary/aromatic N) is 3. The van der Waals surface area contributed by atoms with Crippen LogP contribution in [0.4, 0.5) is 5.82 Å². The molecule has 1 N–H and O–H groups in total. The van der Waals surface area contributed by atoms with Gasteiger partial charge < -0.3 is 5.32 Å². The Morgan fingerprint density at radius 3 is 2.69 bits per heavy atom. The molecule has 0 fully saturated rings. The van der Waals surface area contributed by atoms with Crippen molar-refractivity contribution in [2.75, 3.05) is 12.4 Å². The zero-order valence-corrected chi connectivity index (χ0v) is 9.65. The lowest BCUT2D eigenvalue weighted by Gasteiger charge is -2.07. The van der Waals surface area contributed by atoms with E-state index in [4.69, 9.17) is 0 Å². The summed E-state index contributed by atoms with van der Waals surface area (Å²) in [5.41, 5.74) is 3.14. The molecular weight excluding hydrogens is 200 g/mol. The molecular formula is C12H14N4. The Labute approximate surface area is 94.8 Å². The van der Waals surface area contributed by atoms with Crippen LogP contribution in [0.5, 0.6) is 0 Å². The number of pyridine rings is 1. The monoisotopic (exact) mass is 214 g/mol. The summed E-state index contributed by atoms with van der Waals surface area (Å²) >= 11 is 0. The molecule has 0 radical (unpaired) electrons. The highest BCUT2D eigenvalue weighted by Gasteiger charge is 2.05. The third-order valence-electron chi connectivity index (χ3n) is 2.39. The van der Waals surface area contributed by atoms with Gasteiger partial charge in [0.15, 0.2) is 0 Å². The van der Waals surface area contributed by atoms with Gasteiger partial charge in [-0.15, -0.1) is 0 Å². The Balaban J connectivity index is 2.56. The van der Waals surface area contributed by atoms with Crippen LogP contribution in [0.1, 0.15) is 11.4 Å². The minimum Gasteiger partial charge on any atom is -0.373 e. The largest absolute Gasteiger partial charge is 0.373 e. The van der Waals surface area contributed by atoms with Crippen molar-refractivity contribution in [1.29, 1.82) is 0 Å². The van der Waals surface area contributed by atoms with Crippen LogP contribution in [0.25, 0.3) is 11.3 Å². The minimum atomic E-state index is 0.762. The molecule has 0 saturated carbocycles. The van der Waals surface area contributed by atoms with Crippen molar-refractivity contribution in [3.63, 3.8) is 0 Å². The molecule has 2 rings (SSSR count). The smallest absolute Gasteiger partial charge is 0.130 e. The number of aryl methyl sites for hydroxylation is 2. The number of rotatable bonds is 2. The second-order valence-corrected chi connectivity index (χ2v) is 3.63. The summed E-state index contributed by atoms with van der Waals surface area (Å²) in [5.74, 6) is 1.59. The third-order valence-corrected chi connectivity index (χ3v) is 2.39. The molecule has 0 saturated heterocycles. The van der Waals surface area contributed by atoms with Crippen molar-refractivity contribution in [1.82, 2.24) is 15.0 Å². The number of anilines is 1. The highest BCUT2D eigenvalue weighted by atomic mass is 15.0. The van der Waals surface area contributed by atoms with Crippen molar-refractivity contribution in [2.45, 2.75) is 13.8 Å². The average molecular weight is 214 g/mol. The van der Waals surface area contributed by atoms with Gasteiger partial charge in [-0.1, -0.05) is 0 Å². The molecule has 0 aliphatic rings. The number of nitrogens with one attached hydrogen (secondary N) is 1. The first kappa shape index (κ1) is 10.5. The van der Waals surface area contributed by atoms with Crippen molar-refractivity contribution in [3.05, 3.63) is 35.9 Å². The van der Waals surface area contributed by atoms with Crippen LogP contribution in [-0.4, -0.2) is 22.0 Å². The van der Waals surface area contributed by atoms with Crippen molar-refractivity contribution >= 4 is 5.82 Å². The van der Waals surface area contributed by atoms with E-state index in [1.165, 1.54) is 0 Å². The zero-order chi connectivity index (χ0) is 11.5. The number of aromatic nitrogens is 3. The predicted octanol–water partition coefficient (Wildman–Crippen LogP) is 2.20. The summed E-state index contributed by atoms with van der Waals surface area (Å²) in [5, 5.41) is 3.03. The minimum absolute atomic E-state index is 0.762. The Bertz CT molecular complexity index is 508. The molecule has 0 spiro atoms. The molecule has 0 atom stereocenters. The molecule has 0 aliphatic carbocycles. The summed E-state index contributed by atoms with van der Waals surface area (Å²) in [7, 11) is 1.85. The molecule has 2 heterocycles. The van der Waals surface area contributed by atoms with Crippen LogP contribution in [0, 0.1) is 13.8 Å². The van der Waals surface area contributed by atoms with E-state index >= 15 is 0 Å². The molecule has 16 heavy (non-hydrogen) atoms. The summed E-state index contributed by atoms with van der Waals surface area (Å²) < 4.78 is 0. The lowest BCUT2D eigenvalue weighted by atomic mass is 10.1. The number of hydrogen-bond donors (Lipinski definition) is 1. The predicted molar refractivity (Wildman–Crippen MR) is 64.3 cm³/mol. The van der Waals surface area contributed by atoms with Gasteiger partial charge in [-0.25, -0.2) is 9.97 Å². The van der Waals surface area contributed by atoms with E-state index in [2.05, 4.69) is 20.3 Å². The van der Waals surface area contributed by atoms with E-state index in [0.717, 1.165) is 28.5 Å². The summed E-state index contributed by atoms with van der Waals surface area (Å²) in [6.07, 6.45) is 3.62. The molecule has 4 heteroatoms. The van der Waals surface area contributed by atoms with Crippen molar-refractivity contribution < 1.29 is 0 Å². The lowest BCUT2D eigenvalue weighted by Crippen LogP contribution is -1.99. The molecule has 0 unspecified atom stereocenters. The molecule has 4 nitrogen and oxygen atoms in total. The fourth-order valence-corrected chi connectivity index (χ4v) is 1.59. The van der Waals surface area contributed by atoms with Gasteiger partial charge in [0.1, 0.15) is 11.6 Å². The van der Waals surface area contributed by atoms with E-state index in [0.29, 0.717) is 0 Å². The van der Waals surface area contributed by atoms with Gasteiger partial charge in [0.25, 0.3) is 0 Å². The maximum atomic E-state index is 4.43. The van der Waals surface area contributed by atoms with Gasteiger partial charge in [-0.3, -0.25) is 4.98 Å². The quantitative estimate of drug-likeness (QED) is 0.832. The van der Waals surface area contributed by atoms with Crippen LogP contribution >= 0.6 is 0 Å².